The van der Waals surface area contributed by atoms with Gasteiger partial charge in [0.25, 0.3) is 5.91 Å². The van der Waals surface area contributed by atoms with Crippen LogP contribution < -0.4 is 11.1 Å². The molecule has 21 heavy (non-hydrogen) atoms. The minimum absolute atomic E-state index is 0.146. The Morgan fingerprint density at radius 2 is 1.86 bits per heavy atom. The van der Waals surface area contributed by atoms with Crippen molar-refractivity contribution in [2.45, 2.75) is 0 Å². The molecule has 0 unspecified atom stereocenters. The van der Waals surface area contributed by atoms with Gasteiger partial charge in [-0.3, -0.25) is 4.79 Å². The van der Waals surface area contributed by atoms with E-state index in [2.05, 4.69) is 5.32 Å². The van der Waals surface area contributed by atoms with E-state index in [9.17, 15) is 13.6 Å². The number of nitrogen functional groups attached to an aromatic ring is 1. The number of nitriles is 1. The lowest BCUT2D eigenvalue weighted by atomic mass is 10.1. The Morgan fingerprint density at radius 1 is 1.24 bits per heavy atom. The molecule has 0 heterocycles. The first-order valence-corrected chi connectivity index (χ1v) is 6.05. The Balaban J connectivity index is 2.35. The quantitative estimate of drug-likeness (QED) is 0.835. The third kappa shape index (κ3) is 3.09. The van der Waals surface area contributed by atoms with E-state index in [0.717, 1.165) is 12.1 Å². The van der Waals surface area contributed by atoms with Gasteiger partial charge in [-0.05, 0) is 30.3 Å². The molecule has 0 saturated heterocycles. The molecule has 4 nitrogen and oxygen atoms in total. The molecule has 0 radical (unpaired) electrons. The van der Waals surface area contributed by atoms with Crippen LogP contribution in [0.3, 0.4) is 0 Å². The number of benzene rings is 2. The number of rotatable bonds is 2. The summed E-state index contributed by atoms with van der Waals surface area (Å²) in [5.74, 6) is -2.86. The normalized spacial score (nSPS) is 10.0. The molecule has 2 aromatic rings. The van der Waals surface area contributed by atoms with Gasteiger partial charge >= 0.3 is 0 Å². The van der Waals surface area contributed by atoms with Gasteiger partial charge in [-0.25, -0.2) is 8.78 Å². The standard InChI is InChI=1S/C14H8ClF2N3O/c15-9-2-1-7(6-18)12(5-9)20-14(21)8-3-10(16)13(19)11(17)4-8/h1-5H,19H2,(H,20,21). The van der Waals surface area contributed by atoms with E-state index in [-0.39, 0.29) is 16.8 Å². The number of carbonyl (C=O) groups is 1. The highest BCUT2D eigenvalue weighted by Crippen LogP contribution is 2.22. The van der Waals surface area contributed by atoms with Gasteiger partial charge < -0.3 is 11.1 Å². The molecule has 7 heteroatoms. The molecule has 0 aromatic heterocycles. The predicted molar refractivity (Wildman–Crippen MR) is 74.9 cm³/mol. The minimum Gasteiger partial charge on any atom is -0.394 e. The number of hydrogen-bond donors (Lipinski definition) is 2. The highest BCUT2D eigenvalue weighted by Gasteiger charge is 2.14. The second kappa shape index (κ2) is 5.77. The summed E-state index contributed by atoms with van der Waals surface area (Å²) >= 11 is 5.78. The second-order valence-corrected chi connectivity index (χ2v) is 4.55. The van der Waals surface area contributed by atoms with Crippen molar-refractivity contribution in [1.82, 2.24) is 0 Å². The fraction of sp³-hybridized carbons (Fsp3) is 0. The molecule has 0 fully saturated rings. The topological polar surface area (TPSA) is 78.9 Å². The lowest BCUT2D eigenvalue weighted by molar-refractivity contribution is 0.102. The molecule has 3 N–H and O–H groups in total. The molecule has 0 saturated carbocycles. The summed E-state index contributed by atoms with van der Waals surface area (Å²) in [5, 5.41) is 11.6. The summed E-state index contributed by atoms with van der Waals surface area (Å²) < 4.78 is 26.7. The highest BCUT2D eigenvalue weighted by molar-refractivity contribution is 6.31. The first-order chi connectivity index (χ1) is 9.92. The van der Waals surface area contributed by atoms with Crippen molar-refractivity contribution >= 4 is 28.9 Å². The molecular weight excluding hydrogens is 300 g/mol. The highest BCUT2D eigenvalue weighted by atomic mass is 35.5. The zero-order valence-corrected chi connectivity index (χ0v) is 11.2. The van der Waals surface area contributed by atoms with Crippen molar-refractivity contribution in [3.63, 3.8) is 0 Å². The first-order valence-electron chi connectivity index (χ1n) is 5.68. The number of nitrogens with one attached hydrogen (secondary N) is 1. The van der Waals surface area contributed by atoms with Crippen molar-refractivity contribution in [2.24, 2.45) is 0 Å². The third-order valence-electron chi connectivity index (χ3n) is 2.69. The number of nitrogens with zero attached hydrogens (tertiary/aromatic N) is 1. The van der Waals surface area contributed by atoms with Crippen LogP contribution in [-0.4, -0.2) is 5.91 Å². The van der Waals surface area contributed by atoms with Gasteiger partial charge in [0.2, 0.25) is 0 Å². The van der Waals surface area contributed by atoms with Gasteiger partial charge in [0.05, 0.1) is 11.3 Å². The Hall–Kier alpha value is -2.65. The molecule has 0 aliphatic heterocycles. The molecule has 0 aliphatic carbocycles. The lowest BCUT2D eigenvalue weighted by Crippen LogP contribution is -2.14. The van der Waals surface area contributed by atoms with Crippen LogP contribution in [0.5, 0.6) is 0 Å². The molecule has 0 bridgehead atoms. The molecule has 0 aliphatic rings. The SMILES string of the molecule is N#Cc1ccc(Cl)cc1NC(=O)c1cc(F)c(N)c(F)c1. The molecule has 2 aromatic carbocycles. The summed E-state index contributed by atoms with van der Waals surface area (Å²) in [5.41, 5.74) is 4.52. The van der Waals surface area contributed by atoms with Gasteiger partial charge in [0.1, 0.15) is 23.4 Å². The van der Waals surface area contributed by atoms with Gasteiger partial charge in [0.15, 0.2) is 0 Å². The molecule has 2 rings (SSSR count). The van der Waals surface area contributed by atoms with E-state index in [0.29, 0.717) is 5.02 Å². The Labute approximate surface area is 123 Å². The van der Waals surface area contributed by atoms with Gasteiger partial charge in [-0.2, -0.15) is 5.26 Å². The zero-order valence-electron chi connectivity index (χ0n) is 10.5. The first kappa shape index (κ1) is 14.8. The minimum atomic E-state index is -1.04. The Bertz CT molecular complexity index is 748. The summed E-state index contributed by atoms with van der Waals surface area (Å²) in [4.78, 5) is 12.0. The maximum atomic E-state index is 13.3. The largest absolute Gasteiger partial charge is 0.394 e. The number of hydrogen-bond acceptors (Lipinski definition) is 3. The van der Waals surface area contributed by atoms with Crippen LogP contribution in [0, 0.1) is 23.0 Å². The average molecular weight is 308 g/mol. The second-order valence-electron chi connectivity index (χ2n) is 4.11. The van der Waals surface area contributed by atoms with E-state index in [1.165, 1.54) is 18.2 Å². The van der Waals surface area contributed by atoms with E-state index < -0.39 is 23.2 Å². The monoisotopic (exact) mass is 307 g/mol. The number of carbonyl (C=O) groups excluding carboxylic acids is 1. The third-order valence-corrected chi connectivity index (χ3v) is 2.93. The summed E-state index contributed by atoms with van der Waals surface area (Å²) in [6, 6.07) is 7.76. The van der Waals surface area contributed by atoms with E-state index in [1.54, 1.807) is 0 Å². The van der Waals surface area contributed by atoms with Crippen molar-refractivity contribution in [1.29, 1.82) is 5.26 Å². The Kier molecular flexibility index (Phi) is 4.05. The molecule has 0 atom stereocenters. The van der Waals surface area contributed by atoms with Crippen LogP contribution in [0.25, 0.3) is 0 Å². The maximum absolute atomic E-state index is 13.3. The Morgan fingerprint density at radius 3 is 2.43 bits per heavy atom. The number of halogens is 3. The van der Waals surface area contributed by atoms with E-state index in [1.807, 2.05) is 6.07 Å². The molecule has 106 valence electrons. The number of nitrogens with two attached hydrogens (primary N) is 1. The van der Waals surface area contributed by atoms with Crippen LogP contribution >= 0.6 is 11.6 Å². The maximum Gasteiger partial charge on any atom is 0.255 e. The van der Waals surface area contributed by atoms with E-state index >= 15 is 0 Å². The van der Waals surface area contributed by atoms with Gasteiger partial charge in [-0.1, -0.05) is 11.6 Å². The molecule has 1 amide bonds. The fourth-order valence-corrected chi connectivity index (χ4v) is 1.80. The molecular formula is C14H8ClF2N3O. The number of anilines is 2. The van der Waals surface area contributed by atoms with Crippen LogP contribution in [0.15, 0.2) is 30.3 Å². The van der Waals surface area contributed by atoms with Gasteiger partial charge in [0, 0.05) is 10.6 Å². The summed E-state index contributed by atoms with van der Waals surface area (Å²) in [7, 11) is 0. The van der Waals surface area contributed by atoms with Crippen molar-refractivity contribution in [2.75, 3.05) is 11.1 Å². The summed E-state index contributed by atoms with van der Waals surface area (Å²) in [6.45, 7) is 0. The van der Waals surface area contributed by atoms with Crippen molar-refractivity contribution in [3.05, 3.63) is 58.1 Å². The smallest absolute Gasteiger partial charge is 0.255 e. The van der Waals surface area contributed by atoms with Crippen molar-refractivity contribution < 1.29 is 13.6 Å². The lowest BCUT2D eigenvalue weighted by Gasteiger charge is -2.08. The van der Waals surface area contributed by atoms with Crippen LogP contribution in [0.4, 0.5) is 20.2 Å². The zero-order chi connectivity index (χ0) is 15.6. The summed E-state index contributed by atoms with van der Waals surface area (Å²) in [6.07, 6.45) is 0. The molecule has 0 spiro atoms. The number of amides is 1. The predicted octanol–water partition coefficient (Wildman–Crippen LogP) is 3.32. The van der Waals surface area contributed by atoms with Gasteiger partial charge in [-0.15, -0.1) is 0 Å². The van der Waals surface area contributed by atoms with E-state index in [4.69, 9.17) is 22.6 Å². The fourth-order valence-electron chi connectivity index (χ4n) is 1.63. The van der Waals surface area contributed by atoms with Crippen LogP contribution in [0.2, 0.25) is 5.02 Å². The van der Waals surface area contributed by atoms with Crippen LogP contribution in [-0.2, 0) is 0 Å². The average Bonchev–Trinajstić information content (AvgIpc) is 2.44. The van der Waals surface area contributed by atoms with Crippen molar-refractivity contribution in [3.8, 4) is 6.07 Å². The van der Waals surface area contributed by atoms with Crippen LogP contribution in [0.1, 0.15) is 15.9 Å².